The first kappa shape index (κ1) is 17.0. The normalized spacial score (nSPS) is 12.7. The first-order chi connectivity index (χ1) is 9.61. The summed E-state index contributed by atoms with van der Waals surface area (Å²) in [6.45, 7) is 10.7. The minimum absolute atomic E-state index is 0.264. The first-order valence-corrected chi connectivity index (χ1v) is 7.68. The number of benzene rings is 1. The Morgan fingerprint density at radius 1 is 1.05 bits per heavy atom. The Kier molecular flexibility index (Phi) is 8.31. The van der Waals surface area contributed by atoms with E-state index in [2.05, 4.69) is 31.3 Å². The third-order valence-corrected chi connectivity index (χ3v) is 3.15. The van der Waals surface area contributed by atoms with Gasteiger partial charge in [0.1, 0.15) is 12.4 Å². The van der Waals surface area contributed by atoms with E-state index in [4.69, 9.17) is 9.47 Å². The van der Waals surface area contributed by atoms with Gasteiger partial charge in [-0.15, -0.1) is 0 Å². The van der Waals surface area contributed by atoms with Crippen molar-refractivity contribution in [2.45, 2.75) is 52.7 Å². The van der Waals surface area contributed by atoms with Gasteiger partial charge in [-0.1, -0.05) is 19.1 Å². The fourth-order valence-electron chi connectivity index (χ4n) is 2.03. The van der Waals surface area contributed by atoms with Crippen LogP contribution in [0.25, 0.3) is 0 Å². The Morgan fingerprint density at radius 3 is 2.35 bits per heavy atom. The predicted octanol–water partition coefficient (Wildman–Crippen LogP) is 3.42. The molecular weight excluding hydrogens is 250 g/mol. The van der Waals surface area contributed by atoms with Gasteiger partial charge in [-0.2, -0.15) is 0 Å². The van der Waals surface area contributed by atoms with Crippen molar-refractivity contribution in [3.63, 3.8) is 0 Å². The van der Waals surface area contributed by atoms with E-state index >= 15 is 0 Å². The number of ether oxygens (including phenoxy) is 2. The maximum absolute atomic E-state index is 5.64. The van der Waals surface area contributed by atoms with Gasteiger partial charge >= 0.3 is 0 Å². The maximum atomic E-state index is 5.64. The molecule has 1 atom stereocenters. The zero-order chi connectivity index (χ0) is 14.8. The van der Waals surface area contributed by atoms with Crippen molar-refractivity contribution in [2.24, 2.45) is 0 Å². The highest BCUT2D eigenvalue weighted by Gasteiger charge is 2.01. The van der Waals surface area contributed by atoms with Crippen LogP contribution in [-0.2, 0) is 11.2 Å². The molecule has 20 heavy (non-hydrogen) atoms. The van der Waals surface area contributed by atoms with Crippen LogP contribution in [-0.4, -0.2) is 31.9 Å². The summed E-state index contributed by atoms with van der Waals surface area (Å²) in [5.41, 5.74) is 1.36. The standard InChI is InChI=1S/C17H29NO2/c1-5-18-15(4)6-7-16-8-10-17(11-9-16)20-13-12-19-14(2)3/h8-11,14-15,18H,5-7,12-13H2,1-4H3. The van der Waals surface area contributed by atoms with Gasteiger partial charge in [0.05, 0.1) is 12.7 Å². The van der Waals surface area contributed by atoms with Crippen LogP contribution >= 0.6 is 0 Å². The molecule has 0 aliphatic carbocycles. The second-order valence-corrected chi connectivity index (χ2v) is 5.41. The quantitative estimate of drug-likeness (QED) is 0.666. The minimum Gasteiger partial charge on any atom is -0.491 e. The topological polar surface area (TPSA) is 30.5 Å². The second kappa shape index (κ2) is 9.78. The number of hydrogen-bond donors (Lipinski definition) is 1. The molecule has 0 heterocycles. The summed E-state index contributed by atoms with van der Waals surface area (Å²) in [4.78, 5) is 0. The molecule has 1 rings (SSSR count). The lowest BCUT2D eigenvalue weighted by Crippen LogP contribution is -2.25. The molecule has 1 aromatic carbocycles. The van der Waals surface area contributed by atoms with Gasteiger partial charge in [0, 0.05) is 6.04 Å². The molecule has 0 aliphatic heterocycles. The van der Waals surface area contributed by atoms with Crippen molar-refractivity contribution in [3.05, 3.63) is 29.8 Å². The van der Waals surface area contributed by atoms with Crippen LogP contribution in [0.15, 0.2) is 24.3 Å². The van der Waals surface area contributed by atoms with E-state index in [1.807, 2.05) is 26.0 Å². The molecule has 0 spiro atoms. The molecule has 114 valence electrons. The van der Waals surface area contributed by atoms with Gasteiger partial charge in [0.15, 0.2) is 0 Å². The number of hydrogen-bond acceptors (Lipinski definition) is 3. The van der Waals surface area contributed by atoms with Crippen molar-refractivity contribution in [3.8, 4) is 5.75 Å². The SMILES string of the molecule is CCNC(C)CCc1ccc(OCCOC(C)C)cc1. The fraction of sp³-hybridized carbons (Fsp3) is 0.647. The van der Waals surface area contributed by atoms with Crippen LogP contribution in [0, 0.1) is 0 Å². The third kappa shape index (κ3) is 7.51. The van der Waals surface area contributed by atoms with Crippen molar-refractivity contribution < 1.29 is 9.47 Å². The van der Waals surface area contributed by atoms with E-state index in [9.17, 15) is 0 Å². The molecule has 0 radical (unpaired) electrons. The van der Waals surface area contributed by atoms with Gasteiger partial charge in [-0.05, 0) is 57.9 Å². The van der Waals surface area contributed by atoms with Gasteiger partial charge in [0.25, 0.3) is 0 Å². The summed E-state index contributed by atoms with van der Waals surface area (Å²) in [5, 5.41) is 3.43. The molecule has 0 saturated carbocycles. The van der Waals surface area contributed by atoms with Gasteiger partial charge < -0.3 is 14.8 Å². The molecule has 0 bridgehead atoms. The van der Waals surface area contributed by atoms with E-state index in [0.29, 0.717) is 19.3 Å². The molecule has 0 aliphatic rings. The molecular formula is C17H29NO2. The second-order valence-electron chi connectivity index (χ2n) is 5.41. The summed E-state index contributed by atoms with van der Waals surface area (Å²) in [6.07, 6.45) is 2.53. The molecule has 0 fully saturated rings. The first-order valence-electron chi connectivity index (χ1n) is 7.68. The highest BCUT2D eigenvalue weighted by Crippen LogP contribution is 2.14. The smallest absolute Gasteiger partial charge is 0.119 e. The van der Waals surface area contributed by atoms with E-state index < -0.39 is 0 Å². The van der Waals surface area contributed by atoms with Crippen LogP contribution in [0.3, 0.4) is 0 Å². The molecule has 3 heteroatoms. The third-order valence-electron chi connectivity index (χ3n) is 3.15. The fourth-order valence-corrected chi connectivity index (χ4v) is 2.03. The van der Waals surface area contributed by atoms with Crippen molar-refractivity contribution in [1.29, 1.82) is 0 Å². The largest absolute Gasteiger partial charge is 0.491 e. The lowest BCUT2D eigenvalue weighted by Gasteiger charge is -2.12. The molecule has 0 aromatic heterocycles. The van der Waals surface area contributed by atoms with Gasteiger partial charge in [0.2, 0.25) is 0 Å². The summed E-state index contributed by atoms with van der Waals surface area (Å²) in [6, 6.07) is 8.96. The van der Waals surface area contributed by atoms with Gasteiger partial charge in [-0.3, -0.25) is 0 Å². The molecule has 3 nitrogen and oxygen atoms in total. The van der Waals surface area contributed by atoms with Gasteiger partial charge in [-0.25, -0.2) is 0 Å². The van der Waals surface area contributed by atoms with E-state index in [-0.39, 0.29) is 6.10 Å². The predicted molar refractivity (Wildman–Crippen MR) is 84.5 cm³/mol. The Hall–Kier alpha value is -1.06. The van der Waals surface area contributed by atoms with E-state index in [1.54, 1.807) is 0 Å². The molecule has 0 saturated heterocycles. The molecule has 1 N–H and O–H groups in total. The molecule has 1 aromatic rings. The highest BCUT2D eigenvalue weighted by atomic mass is 16.5. The highest BCUT2D eigenvalue weighted by molar-refractivity contribution is 5.27. The summed E-state index contributed by atoms with van der Waals surface area (Å²) < 4.78 is 11.1. The lowest BCUT2D eigenvalue weighted by atomic mass is 10.1. The number of nitrogens with one attached hydrogen (secondary N) is 1. The summed E-state index contributed by atoms with van der Waals surface area (Å²) in [7, 11) is 0. The van der Waals surface area contributed by atoms with Crippen LogP contribution in [0.5, 0.6) is 5.75 Å². The Labute approximate surface area is 123 Å². The van der Waals surface area contributed by atoms with Crippen LogP contribution in [0.2, 0.25) is 0 Å². The van der Waals surface area contributed by atoms with E-state index in [1.165, 1.54) is 5.56 Å². The number of rotatable bonds is 10. The molecule has 0 amide bonds. The van der Waals surface area contributed by atoms with E-state index in [0.717, 1.165) is 25.1 Å². The van der Waals surface area contributed by atoms with Crippen LogP contribution < -0.4 is 10.1 Å². The lowest BCUT2D eigenvalue weighted by molar-refractivity contribution is 0.0552. The average molecular weight is 279 g/mol. The number of aryl methyl sites for hydroxylation is 1. The van der Waals surface area contributed by atoms with Crippen molar-refractivity contribution in [2.75, 3.05) is 19.8 Å². The average Bonchev–Trinajstić information content (AvgIpc) is 2.43. The Morgan fingerprint density at radius 2 is 1.75 bits per heavy atom. The Bertz CT molecular complexity index is 349. The maximum Gasteiger partial charge on any atom is 0.119 e. The summed E-state index contributed by atoms with van der Waals surface area (Å²) in [5.74, 6) is 0.917. The van der Waals surface area contributed by atoms with Crippen LogP contribution in [0.1, 0.15) is 39.7 Å². The summed E-state index contributed by atoms with van der Waals surface area (Å²) >= 11 is 0. The van der Waals surface area contributed by atoms with Crippen molar-refractivity contribution >= 4 is 0 Å². The van der Waals surface area contributed by atoms with Crippen molar-refractivity contribution in [1.82, 2.24) is 5.32 Å². The zero-order valence-electron chi connectivity index (χ0n) is 13.3. The minimum atomic E-state index is 0.264. The van der Waals surface area contributed by atoms with Crippen LogP contribution in [0.4, 0.5) is 0 Å². The molecule has 1 unspecified atom stereocenters. The monoisotopic (exact) mass is 279 g/mol. The zero-order valence-corrected chi connectivity index (χ0v) is 13.3. The Balaban J connectivity index is 2.25.